The van der Waals surface area contributed by atoms with E-state index >= 15 is 0 Å². The van der Waals surface area contributed by atoms with E-state index in [0.29, 0.717) is 0 Å². The van der Waals surface area contributed by atoms with E-state index in [1.165, 1.54) is 20.2 Å². The summed E-state index contributed by atoms with van der Waals surface area (Å²) in [7, 11) is 1.29. The Hall–Kier alpha value is -2.18. The number of rotatable bonds is 4. The van der Waals surface area contributed by atoms with E-state index in [-0.39, 0.29) is 24.1 Å². The molecule has 21 heavy (non-hydrogen) atoms. The number of hydrogen-bond donors (Lipinski definition) is 1. The van der Waals surface area contributed by atoms with Crippen molar-refractivity contribution in [3.05, 3.63) is 32.6 Å². The summed E-state index contributed by atoms with van der Waals surface area (Å²) in [6, 6.07) is 0.160. The Bertz CT molecular complexity index is 680. The zero-order valence-electron chi connectivity index (χ0n) is 12.2. The number of amides is 1. The fourth-order valence-corrected chi connectivity index (χ4v) is 2.58. The van der Waals surface area contributed by atoms with Crippen molar-refractivity contribution in [2.45, 2.75) is 45.2 Å². The molecule has 1 aliphatic rings. The number of nitrogens with one attached hydrogen (secondary N) is 1. The number of carbonyl (C=O) groups excluding carboxylic acids is 2. The van der Waals surface area contributed by atoms with Crippen LogP contribution in [0.3, 0.4) is 0 Å². The van der Waals surface area contributed by atoms with Gasteiger partial charge in [-0.1, -0.05) is 12.8 Å². The van der Waals surface area contributed by atoms with Crippen molar-refractivity contribution in [1.82, 2.24) is 14.5 Å². The van der Waals surface area contributed by atoms with Gasteiger partial charge in [0, 0.05) is 19.3 Å². The smallest absolute Gasteiger partial charge is 0.331 e. The quantitative estimate of drug-likeness (QED) is 0.779. The predicted molar refractivity (Wildman–Crippen MR) is 76.3 cm³/mol. The molecule has 1 amide bonds. The summed E-state index contributed by atoms with van der Waals surface area (Å²) in [6.07, 6.45) is 5.26. The number of ketones is 1. The van der Waals surface area contributed by atoms with Gasteiger partial charge in [-0.25, -0.2) is 4.79 Å². The lowest BCUT2D eigenvalue weighted by Crippen LogP contribution is -2.43. The van der Waals surface area contributed by atoms with Crippen molar-refractivity contribution < 1.29 is 9.59 Å². The van der Waals surface area contributed by atoms with Crippen molar-refractivity contribution in [2.75, 3.05) is 0 Å². The number of aromatic nitrogens is 2. The highest BCUT2D eigenvalue weighted by Crippen LogP contribution is 2.17. The second kappa shape index (κ2) is 6.07. The largest absolute Gasteiger partial charge is 0.352 e. The first-order valence-electron chi connectivity index (χ1n) is 7.01. The lowest BCUT2D eigenvalue weighted by Gasteiger charge is -2.13. The van der Waals surface area contributed by atoms with Crippen LogP contribution < -0.4 is 16.6 Å². The highest BCUT2D eigenvalue weighted by atomic mass is 16.2. The van der Waals surface area contributed by atoms with Crippen molar-refractivity contribution in [1.29, 1.82) is 0 Å². The monoisotopic (exact) mass is 293 g/mol. The molecule has 1 aromatic heterocycles. The van der Waals surface area contributed by atoms with Gasteiger partial charge in [0.05, 0.1) is 5.56 Å². The zero-order chi connectivity index (χ0) is 15.6. The first kappa shape index (κ1) is 15.2. The summed E-state index contributed by atoms with van der Waals surface area (Å²) in [5.74, 6) is -0.710. The van der Waals surface area contributed by atoms with E-state index in [0.717, 1.165) is 34.8 Å². The molecular formula is C14H19N3O4. The van der Waals surface area contributed by atoms with Crippen molar-refractivity contribution in [3.8, 4) is 0 Å². The maximum atomic E-state index is 12.0. The van der Waals surface area contributed by atoms with Crippen LogP contribution in [0.1, 0.15) is 43.0 Å². The summed E-state index contributed by atoms with van der Waals surface area (Å²) in [5, 5.41) is 2.87. The molecule has 7 nitrogen and oxygen atoms in total. The van der Waals surface area contributed by atoms with E-state index in [9.17, 15) is 19.2 Å². The minimum absolute atomic E-state index is 0.0919. The van der Waals surface area contributed by atoms with Crippen LogP contribution in [-0.2, 0) is 18.4 Å². The van der Waals surface area contributed by atoms with Gasteiger partial charge in [0.15, 0.2) is 5.78 Å². The van der Waals surface area contributed by atoms with Crippen LogP contribution in [0.25, 0.3) is 0 Å². The third kappa shape index (κ3) is 3.29. The molecule has 0 radical (unpaired) electrons. The molecule has 1 fully saturated rings. The number of hydrogen-bond acceptors (Lipinski definition) is 4. The van der Waals surface area contributed by atoms with Gasteiger partial charge in [0.25, 0.3) is 5.56 Å². The average Bonchev–Trinajstić information content (AvgIpc) is 2.91. The molecule has 7 heteroatoms. The molecule has 0 unspecified atom stereocenters. The van der Waals surface area contributed by atoms with Crippen LogP contribution in [0.5, 0.6) is 0 Å². The van der Waals surface area contributed by atoms with Crippen LogP contribution in [-0.4, -0.2) is 26.9 Å². The molecule has 1 saturated carbocycles. The van der Waals surface area contributed by atoms with E-state index in [2.05, 4.69) is 5.32 Å². The minimum Gasteiger partial charge on any atom is -0.352 e. The molecule has 2 rings (SSSR count). The fraction of sp³-hybridized carbons (Fsp3) is 0.571. The summed E-state index contributed by atoms with van der Waals surface area (Å²) < 4.78 is 1.95. The summed E-state index contributed by atoms with van der Waals surface area (Å²) in [4.78, 5) is 47.1. The molecular weight excluding hydrogens is 274 g/mol. The third-order valence-corrected chi connectivity index (χ3v) is 3.77. The highest BCUT2D eigenvalue weighted by molar-refractivity contribution is 5.93. The minimum atomic E-state index is -0.639. The first-order valence-corrected chi connectivity index (χ1v) is 7.01. The molecule has 114 valence electrons. The van der Waals surface area contributed by atoms with Crippen molar-refractivity contribution in [2.24, 2.45) is 7.05 Å². The molecule has 0 atom stereocenters. The Morgan fingerprint density at radius 2 is 1.90 bits per heavy atom. The molecule has 1 aromatic rings. The number of nitrogens with zero attached hydrogens (tertiary/aromatic N) is 2. The predicted octanol–water partition coefficient (Wildman–Crippen LogP) is -0.192. The zero-order valence-corrected chi connectivity index (χ0v) is 12.2. The third-order valence-electron chi connectivity index (χ3n) is 3.77. The number of carbonyl (C=O) groups is 2. The number of Topliss-reactive ketones (excluding diaryl/α,β-unsaturated/α-hetero) is 1. The Labute approximate surface area is 121 Å². The van der Waals surface area contributed by atoms with Crippen molar-refractivity contribution in [3.63, 3.8) is 0 Å². The van der Waals surface area contributed by atoms with Crippen LogP contribution >= 0.6 is 0 Å². The van der Waals surface area contributed by atoms with E-state index in [1.54, 1.807) is 0 Å². The van der Waals surface area contributed by atoms with Gasteiger partial charge in [-0.3, -0.25) is 23.5 Å². The summed E-state index contributed by atoms with van der Waals surface area (Å²) in [5.41, 5.74) is -1.34. The second-order valence-corrected chi connectivity index (χ2v) is 5.42. The van der Waals surface area contributed by atoms with E-state index < -0.39 is 17.0 Å². The first-order chi connectivity index (χ1) is 9.90. The van der Waals surface area contributed by atoms with Gasteiger partial charge in [-0.05, 0) is 19.8 Å². The van der Waals surface area contributed by atoms with E-state index in [4.69, 9.17) is 0 Å². The lowest BCUT2D eigenvalue weighted by atomic mass is 10.2. The van der Waals surface area contributed by atoms with Crippen LogP contribution in [0.4, 0.5) is 0 Å². The fourth-order valence-electron chi connectivity index (χ4n) is 2.58. The molecule has 0 aliphatic heterocycles. The topological polar surface area (TPSA) is 90.2 Å². The highest BCUT2D eigenvalue weighted by Gasteiger charge is 2.18. The Kier molecular flexibility index (Phi) is 4.40. The van der Waals surface area contributed by atoms with Crippen molar-refractivity contribution >= 4 is 11.7 Å². The molecule has 1 N–H and O–H groups in total. The van der Waals surface area contributed by atoms with Crippen LogP contribution in [0, 0.1) is 0 Å². The Morgan fingerprint density at radius 3 is 2.48 bits per heavy atom. The summed E-state index contributed by atoms with van der Waals surface area (Å²) in [6.45, 7) is 1.06. The Balaban J connectivity index is 2.23. The van der Waals surface area contributed by atoms with Gasteiger partial charge < -0.3 is 5.32 Å². The van der Waals surface area contributed by atoms with Gasteiger partial charge in [0.2, 0.25) is 5.91 Å². The molecule has 0 bridgehead atoms. The summed E-state index contributed by atoms with van der Waals surface area (Å²) >= 11 is 0. The second-order valence-electron chi connectivity index (χ2n) is 5.42. The average molecular weight is 293 g/mol. The lowest BCUT2D eigenvalue weighted by molar-refractivity contribution is -0.122. The van der Waals surface area contributed by atoms with E-state index in [1.807, 2.05) is 0 Å². The van der Waals surface area contributed by atoms with Crippen LogP contribution in [0.2, 0.25) is 0 Å². The molecule has 0 spiro atoms. The normalized spacial score (nSPS) is 15.1. The standard InChI is InChI=1S/C14H19N3O4/c1-9(18)11-7-17(14(21)16(2)13(11)20)8-12(19)15-10-5-3-4-6-10/h7,10H,3-6,8H2,1-2H3,(H,15,19). The van der Waals surface area contributed by atoms with Gasteiger partial charge >= 0.3 is 5.69 Å². The Morgan fingerprint density at radius 1 is 1.29 bits per heavy atom. The van der Waals surface area contributed by atoms with Gasteiger partial charge in [-0.2, -0.15) is 0 Å². The maximum Gasteiger partial charge on any atom is 0.331 e. The molecule has 0 saturated heterocycles. The van der Waals surface area contributed by atoms with Crippen LogP contribution in [0.15, 0.2) is 15.8 Å². The molecule has 0 aromatic carbocycles. The molecule has 1 heterocycles. The maximum absolute atomic E-state index is 12.0. The SMILES string of the molecule is CC(=O)c1cn(CC(=O)NC2CCCC2)c(=O)n(C)c1=O. The molecule has 1 aliphatic carbocycles. The van der Waals surface area contributed by atoms with Gasteiger partial charge in [-0.15, -0.1) is 0 Å². The van der Waals surface area contributed by atoms with Gasteiger partial charge in [0.1, 0.15) is 6.54 Å².